The molecule has 0 saturated heterocycles. The van der Waals surface area contributed by atoms with E-state index in [-0.39, 0.29) is 18.6 Å². The number of hydrogen-bond donors (Lipinski definition) is 2. The Balaban J connectivity index is 1.39. The van der Waals surface area contributed by atoms with E-state index in [1.165, 1.54) is 24.3 Å². The number of benzene rings is 2. The van der Waals surface area contributed by atoms with Crippen molar-refractivity contribution in [2.75, 3.05) is 25.3 Å². The molecule has 1 aliphatic rings. The van der Waals surface area contributed by atoms with Crippen molar-refractivity contribution in [3.63, 3.8) is 0 Å². The number of rotatable bonds is 5. The van der Waals surface area contributed by atoms with Gasteiger partial charge in [-0.25, -0.2) is 9.18 Å². The summed E-state index contributed by atoms with van der Waals surface area (Å²) in [6.45, 7) is 0.835. The van der Waals surface area contributed by atoms with Gasteiger partial charge in [-0.3, -0.25) is 0 Å². The number of nitrogens with one attached hydrogen (secondary N) is 2. The molecule has 0 fully saturated rings. The third-order valence-corrected chi connectivity index (χ3v) is 3.10. The lowest BCUT2D eigenvalue weighted by Gasteiger charge is -2.09. The molecule has 2 amide bonds. The Morgan fingerprint density at radius 2 is 1.91 bits per heavy atom. The van der Waals surface area contributed by atoms with E-state index in [9.17, 15) is 9.18 Å². The van der Waals surface area contributed by atoms with Gasteiger partial charge >= 0.3 is 6.03 Å². The third kappa shape index (κ3) is 4.03. The van der Waals surface area contributed by atoms with Crippen molar-refractivity contribution in [1.82, 2.24) is 5.32 Å². The number of ether oxygens (including phenoxy) is 3. The van der Waals surface area contributed by atoms with E-state index in [4.69, 9.17) is 14.2 Å². The quantitative estimate of drug-likeness (QED) is 0.832. The average molecular weight is 318 g/mol. The summed E-state index contributed by atoms with van der Waals surface area (Å²) in [7, 11) is 0. The van der Waals surface area contributed by atoms with E-state index < -0.39 is 0 Å². The summed E-state index contributed by atoms with van der Waals surface area (Å²) in [5.74, 6) is 1.61. The monoisotopic (exact) mass is 318 g/mol. The molecule has 2 N–H and O–H groups in total. The summed E-state index contributed by atoms with van der Waals surface area (Å²) >= 11 is 0. The van der Waals surface area contributed by atoms with Crippen LogP contribution in [0.4, 0.5) is 14.9 Å². The van der Waals surface area contributed by atoms with Gasteiger partial charge in [0, 0.05) is 11.8 Å². The van der Waals surface area contributed by atoms with Crippen LogP contribution in [0.25, 0.3) is 0 Å². The number of carbonyl (C=O) groups is 1. The van der Waals surface area contributed by atoms with E-state index in [0.717, 1.165) is 0 Å². The SMILES string of the molecule is O=C(NCCOc1ccc2c(c1)OCO2)Nc1ccc(F)cc1. The first kappa shape index (κ1) is 15.0. The van der Waals surface area contributed by atoms with Crippen LogP contribution in [0.15, 0.2) is 42.5 Å². The minimum absolute atomic E-state index is 0.212. The van der Waals surface area contributed by atoms with Crippen molar-refractivity contribution in [3.8, 4) is 17.2 Å². The van der Waals surface area contributed by atoms with Crippen molar-refractivity contribution in [2.45, 2.75) is 0 Å². The zero-order chi connectivity index (χ0) is 16.1. The highest BCUT2D eigenvalue weighted by Crippen LogP contribution is 2.34. The van der Waals surface area contributed by atoms with Gasteiger partial charge in [-0.15, -0.1) is 0 Å². The highest BCUT2D eigenvalue weighted by atomic mass is 19.1. The Hall–Kier alpha value is -2.96. The molecule has 0 bridgehead atoms. The summed E-state index contributed by atoms with van der Waals surface area (Å²) in [4.78, 5) is 11.7. The lowest BCUT2D eigenvalue weighted by atomic mass is 10.3. The molecule has 1 aliphatic heterocycles. The van der Waals surface area contributed by atoms with Gasteiger partial charge in [0.25, 0.3) is 0 Å². The van der Waals surface area contributed by atoms with Gasteiger partial charge in [-0.2, -0.15) is 0 Å². The van der Waals surface area contributed by atoms with Gasteiger partial charge in [0.1, 0.15) is 18.2 Å². The first-order chi connectivity index (χ1) is 11.2. The number of amides is 2. The van der Waals surface area contributed by atoms with Crippen LogP contribution in [-0.2, 0) is 0 Å². The molecular weight excluding hydrogens is 303 g/mol. The molecule has 0 radical (unpaired) electrons. The van der Waals surface area contributed by atoms with Crippen LogP contribution in [-0.4, -0.2) is 26.0 Å². The number of hydrogen-bond acceptors (Lipinski definition) is 4. The lowest BCUT2D eigenvalue weighted by molar-refractivity contribution is 0.173. The molecular formula is C16H15FN2O4. The molecule has 0 spiro atoms. The fraction of sp³-hybridized carbons (Fsp3) is 0.188. The number of fused-ring (bicyclic) bond motifs is 1. The number of anilines is 1. The molecule has 1 heterocycles. The smallest absolute Gasteiger partial charge is 0.319 e. The van der Waals surface area contributed by atoms with Crippen molar-refractivity contribution >= 4 is 11.7 Å². The summed E-state index contributed by atoms with van der Waals surface area (Å²) in [5, 5.41) is 5.24. The first-order valence-electron chi connectivity index (χ1n) is 7.03. The van der Waals surface area contributed by atoms with E-state index in [1.54, 1.807) is 18.2 Å². The fourth-order valence-electron chi connectivity index (χ4n) is 2.01. The van der Waals surface area contributed by atoms with Gasteiger partial charge in [0.15, 0.2) is 11.5 Å². The maximum atomic E-state index is 12.8. The van der Waals surface area contributed by atoms with Gasteiger partial charge in [0.2, 0.25) is 6.79 Å². The van der Waals surface area contributed by atoms with E-state index in [0.29, 0.717) is 36.1 Å². The van der Waals surface area contributed by atoms with E-state index >= 15 is 0 Å². The van der Waals surface area contributed by atoms with Crippen molar-refractivity contribution in [3.05, 3.63) is 48.3 Å². The molecule has 120 valence electrons. The molecule has 2 aromatic carbocycles. The van der Waals surface area contributed by atoms with Crippen LogP contribution in [0.1, 0.15) is 0 Å². The molecule has 0 atom stereocenters. The standard InChI is InChI=1S/C16H15FN2O4/c17-11-1-3-12(4-2-11)19-16(20)18-7-8-21-13-5-6-14-15(9-13)23-10-22-14/h1-6,9H,7-8,10H2,(H2,18,19,20). The van der Waals surface area contributed by atoms with Crippen LogP contribution in [0.3, 0.4) is 0 Å². The molecule has 6 nitrogen and oxygen atoms in total. The number of carbonyl (C=O) groups excluding carboxylic acids is 1. The zero-order valence-corrected chi connectivity index (χ0v) is 12.2. The van der Waals surface area contributed by atoms with Gasteiger partial charge in [0.05, 0.1) is 6.54 Å². The topological polar surface area (TPSA) is 68.8 Å². The minimum Gasteiger partial charge on any atom is -0.492 e. The minimum atomic E-state index is -0.383. The fourth-order valence-corrected chi connectivity index (χ4v) is 2.01. The Morgan fingerprint density at radius 1 is 1.13 bits per heavy atom. The lowest BCUT2D eigenvalue weighted by Crippen LogP contribution is -2.32. The highest BCUT2D eigenvalue weighted by Gasteiger charge is 2.13. The Labute approximate surface area is 132 Å². The van der Waals surface area contributed by atoms with Crippen LogP contribution < -0.4 is 24.8 Å². The summed E-state index contributed by atoms with van der Waals surface area (Å²) in [6, 6.07) is 10.4. The van der Waals surface area contributed by atoms with E-state index in [1.807, 2.05) is 0 Å². The maximum Gasteiger partial charge on any atom is 0.319 e. The maximum absolute atomic E-state index is 12.8. The van der Waals surface area contributed by atoms with Crippen molar-refractivity contribution < 1.29 is 23.4 Å². The molecule has 0 aromatic heterocycles. The second-order valence-electron chi connectivity index (χ2n) is 4.75. The molecule has 0 saturated carbocycles. The molecule has 7 heteroatoms. The summed E-state index contributed by atoms with van der Waals surface area (Å²) < 4.78 is 28.7. The predicted molar refractivity (Wildman–Crippen MR) is 81.5 cm³/mol. The highest BCUT2D eigenvalue weighted by molar-refractivity contribution is 5.89. The number of urea groups is 1. The molecule has 2 aromatic rings. The first-order valence-corrected chi connectivity index (χ1v) is 7.03. The molecule has 23 heavy (non-hydrogen) atoms. The predicted octanol–water partition coefficient (Wildman–Crippen LogP) is 2.75. The zero-order valence-electron chi connectivity index (χ0n) is 12.2. The van der Waals surface area contributed by atoms with Crippen LogP contribution in [0, 0.1) is 5.82 Å². The Bertz CT molecular complexity index is 691. The van der Waals surface area contributed by atoms with Crippen molar-refractivity contribution in [1.29, 1.82) is 0 Å². The van der Waals surface area contributed by atoms with Crippen molar-refractivity contribution in [2.24, 2.45) is 0 Å². The third-order valence-electron chi connectivity index (χ3n) is 3.10. The van der Waals surface area contributed by atoms with Crippen LogP contribution >= 0.6 is 0 Å². The normalized spacial score (nSPS) is 11.9. The molecule has 0 unspecified atom stereocenters. The van der Waals surface area contributed by atoms with Gasteiger partial charge in [-0.05, 0) is 36.4 Å². The van der Waals surface area contributed by atoms with E-state index in [2.05, 4.69) is 10.6 Å². The summed E-state index contributed by atoms with van der Waals surface area (Å²) in [6.07, 6.45) is 0. The molecule has 3 rings (SSSR count). The average Bonchev–Trinajstić information content (AvgIpc) is 3.01. The molecule has 0 aliphatic carbocycles. The number of halogens is 1. The summed E-state index contributed by atoms with van der Waals surface area (Å²) in [5.41, 5.74) is 0.514. The largest absolute Gasteiger partial charge is 0.492 e. The second-order valence-corrected chi connectivity index (χ2v) is 4.75. The second kappa shape index (κ2) is 6.87. The van der Waals surface area contributed by atoms with Crippen LogP contribution in [0.2, 0.25) is 0 Å². The van der Waals surface area contributed by atoms with Gasteiger partial charge < -0.3 is 24.8 Å². The Morgan fingerprint density at radius 3 is 2.74 bits per heavy atom. The van der Waals surface area contributed by atoms with Gasteiger partial charge in [-0.1, -0.05) is 0 Å². The Kier molecular flexibility index (Phi) is 4.46. The van der Waals surface area contributed by atoms with Crippen LogP contribution in [0.5, 0.6) is 17.2 Å².